The molecule has 0 saturated carbocycles. The van der Waals surface area contributed by atoms with Gasteiger partial charge in [0.05, 0.1) is 0 Å². The highest BCUT2D eigenvalue weighted by Crippen LogP contribution is 2.09. The van der Waals surface area contributed by atoms with Crippen molar-refractivity contribution < 1.29 is 5.11 Å². The lowest BCUT2D eigenvalue weighted by Gasteiger charge is -2.37. The van der Waals surface area contributed by atoms with Crippen molar-refractivity contribution in [2.75, 3.05) is 72.0 Å². The molecule has 2 fully saturated rings. The van der Waals surface area contributed by atoms with Crippen LogP contribution in [0.2, 0.25) is 0 Å². The number of rotatable bonds is 2. The third-order valence-corrected chi connectivity index (χ3v) is 5.11. The zero-order chi connectivity index (χ0) is 15.1. The van der Waals surface area contributed by atoms with Crippen molar-refractivity contribution in [2.45, 2.75) is 32.9 Å². The first-order valence-electron chi connectivity index (χ1n) is 8.82. The highest BCUT2D eigenvalue weighted by atomic mass is 16.3. The molecule has 2 aliphatic heterocycles. The summed E-state index contributed by atoms with van der Waals surface area (Å²) in [4.78, 5) is 9.88. The number of fused-ring (bicyclic) bond motifs is 3. The molecule has 0 aromatic rings. The van der Waals surface area contributed by atoms with E-state index in [1.165, 1.54) is 26.1 Å². The van der Waals surface area contributed by atoms with E-state index < -0.39 is 0 Å². The fourth-order valence-corrected chi connectivity index (χ4v) is 3.42. The summed E-state index contributed by atoms with van der Waals surface area (Å²) in [5, 5.41) is 10.5. The molecule has 0 amide bonds. The van der Waals surface area contributed by atoms with Gasteiger partial charge in [-0.05, 0) is 39.0 Å². The molecule has 1 N–H and O–H groups in total. The Morgan fingerprint density at radius 2 is 1.38 bits per heavy atom. The minimum Gasteiger partial charge on any atom is -0.378 e. The Morgan fingerprint density at radius 1 is 0.762 bits per heavy atom. The molecule has 124 valence electrons. The van der Waals surface area contributed by atoms with Gasteiger partial charge in [0.15, 0.2) is 0 Å². The summed E-state index contributed by atoms with van der Waals surface area (Å²) in [5.41, 5.74) is 0. The zero-order valence-electron chi connectivity index (χ0n) is 14.0. The van der Waals surface area contributed by atoms with Crippen molar-refractivity contribution in [1.82, 2.24) is 19.6 Å². The van der Waals surface area contributed by atoms with Crippen LogP contribution in [0.15, 0.2) is 0 Å². The third-order valence-electron chi connectivity index (χ3n) is 5.11. The normalized spacial score (nSPS) is 34.7. The van der Waals surface area contributed by atoms with Gasteiger partial charge >= 0.3 is 0 Å². The van der Waals surface area contributed by atoms with Gasteiger partial charge in [-0.1, -0.05) is 13.8 Å². The molecule has 2 heterocycles. The molecule has 0 radical (unpaired) electrons. The molecular weight excluding hydrogens is 264 g/mol. The molecule has 0 spiro atoms. The van der Waals surface area contributed by atoms with Crippen LogP contribution in [-0.2, 0) is 0 Å². The maximum absolute atomic E-state index is 10.5. The summed E-state index contributed by atoms with van der Waals surface area (Å²) in [7, 11) is 0. The Bertz CT molecular complexity index is 285. The van der Waals surface area contributed by atoms with E-state index in [4.69, 9.17) is 0 Å². The molecule has 2 aliphatic rings. The van der Waals surface area contributed by atoms with Gasteiger partial charge in [-0.25, -0.2) is 0 Å². The molecule has 0 aromatic carbocycles. The Kier molecular flexibility index (Phi) is 7.40. The fraction of sp³-hybridized carbons (Fsp3) is 1.00. The van der Waals surface area contributed by atoms with Crippen molar-refractivity contribution in [3.05, 3.63) is 0 Å². The molecule has 2 saturated heterocycles. The maximum atomic E-state index is 10.5. The van der Waals surface area contributed by atoms with Gasteiger partial charge in [-0.2, -0.15) is 0 Å². The number of likely N-dealkylation sites (N-methyl/N-ethyl adjacent to an activating group) is 2. The topological polar surface area (TPSA) is 33.2 Å². The lowest BCUT2D eigenvalue weighted by atomic mass is 10.2. The van der Waals surface area contributed by atoms with Crippen molar-refractivity contribution in [3.63, 3.8) is 0 Å². The van der Waals surface area contributed by atoms with Gasteiger partial charge < -0.3 is 19.8 Å². The van der Waals surface area contributed by atoms with Crippen molar-refractivity contribution in [2.24, 2.45) is 0 Å². The van der Waals surface area contributed by atoms with E-state index in [0.717, 1.165) is 58.8 Å². The van der Waals surface area contributed by atoms with E-state index in [-0.39, 0.29) is 6.23 Å². The predicted molar refractivity (Wildman–Crippen MR) is 87.5 cm³/mol. The van der Waals surface area contributed by atoms with Crippen LogP contribution in [0.1, 0.15) is 26.7 Å². The predicted octanol–water partition coefficient (Wildman–Crippen LogP) is 0.360. The van der Waals surface area contributed by atoms with Crippen LogP contribution in [0.5, 0.6) is 0 Å². The highest BCUT2D eigenvalue weighted by Gasteiger charge is 2.21. The monoisotopic (exact) mass is 298 g/mol. The number of hydrogen-bond acceptors (Lipinski definition) is 5. The molecule has 3 atom stereocenters. The van der Waals surface area contributed by atoms with Crippen molar-refractivity contribution in [3.8, 4) is 0 Å². The average Bonchev–Trinajstić information content (AvgIpc) is 2.52. The highest BCUT2D eigenvalue weighted by molar-refractivity contribution is 4.75. The second kappa shape index (κ2) is 9.06. The van der Waals surface area contributed by atoms with Crippen LogP contribution < -0.4 is 0 Å². The van der Waals surface area contributed by atoms with E-state index in [1.807, 2.05) is 0 Å². The fourth-order valence-electron chi connectivity index (χ4n) is 3.42. The van der Waals surface area contributed by atoms with Gasteiger partial charge in [0.1, 0.15) is 6.23 Å². The van der Waals surface area contributed by atoms with Crippen molar-refractivity contribution >= 4 is 0 Å². The molecule has 5 nitrogen and oxygen atoms in total. The van der Waals surface area contributed by atoms with E-state index in [1.54, 1.807) is 0 Å². The van der Waals surface area contributed by atoms with E-state index in [9.17, 15) is 5.11 Å². The summed E-state index contributed by atoms with van der Waals surface area (Å²) >= 11 is 0. The Hall–Kier alpha value is -0.200. The quantitative estimate of drug-likeness (QED) is 0.796. The van der Waals surface area contributed by atoms with Gasteiger partial charge in [0, 0.05) is 45.8 Å². The van der Waals surface area contributed by atoms with E-state index in [0.29, 0.717) is 0 Å². The van der Waals surface area contributed by atoms with Crippen molar-refractivity contribution in [1.29, 1.82) is 0 Å². The molecular formula is C16H34N4O. The summed E-state index contributed by atoms with van der Waals surface area (Å²) in [6, 6.07) is 0. The minimum absolute atomic E-state index is 0.280. The van der Waals surface area contributed by atoms with Crippen LogP contribution in [0.25, 0.3) is 0 Å². The van der Waals surface area contributed by atoms with Crippen LogP contribution in [0.4, 0.5) is 0 Å². The lowest BCUT2D eigenvalue weighted by Crippen LogP contribution is -2.50. The maximum Gasteiger partial charge on any atom is 0.108 e. The lowest BCUT2D eigenvalue weighted by molar-refractivity contribution is -0.0256. The smallest absolute Gasteiger partial charge is 0.108 e. The summed E-state index contributed by atoms with van der Waals surface area (Å²) in [6.45, 7) is 16.6. The summed E-state index contributed by atoms with van der Waals surface area (Å²) < 4.78 is 0. The largest absolute Gasteiger partial charge is 0.378 e. The van der Waals surface area contributed by atoms with Crippen LogP contribution >= 0.6 is 0 Å². The van der Waals surface area contributed by atoms with Crippen LogP contribution in [0, 0.1) is 0 Å². The van der Waals surface area contributed by atoms with Gasteiger partial charge in [-0.15, -0.1) is 0 Å². The molecule has 21 heavy (non-hydrogen) atoms. The Balaban J connectivity index is 2.03. The first-order chi connectivity index (χ1) is 10.2. The Labute approximate surface area is 130 Å². The molecule has 5 heteroatoms. The van der Waals surface area contributed by atoms with Crippen LogP contribution in [-0.4, -0.2) is 103 Å². The Morgan fingerprint density at radius 3 is 2.14 bits per heavy atom. The molecule has 2 rings (SSSR count). The number of hydrogen-bond donors (Lipinski definition) is 1. The SMILES string of the molecule is CCN1CCC(O)N2CCN(CC)CCCN(CC1)CC2. The number of aliphatic hydroxyl groups is 1. The summed E-state index contributed by atoms with van der Waals surface area (Å²) in [6.07, 6.45) is 1.86. The number of nitrogens with zero attached hydrogens (tertiary/aromatic N) is 4. The minimum atomic E-state index is -0.280. The average molecular weight is 298 g/mol. The first kappa shape index (κ1) is 17.2. The van der Waals surface area contributed by atoms with Gasteiger partial charge in [0.2, 0.25) is 0 Å². The van der Waals surface area contributed by atoms with Gasteiger partial charge in [0.25, 0.3) is 0 Å². The summed E-state index contributed by atoms with van der Waals surface area (Å²) in [5.74, 6) is 0. The number of aliphatic hydroxyl groups excluding tert-OH is 1. The molecule has 3 unspecified atom stereocenters. The van der Waals surface area contributed by atoms with Gasteiger partial charge in [-0.3, -0.25) is 4.90 Å². The molecule has 0 aliphatic carbocycles. The van der Waals surface area contributed by atoms with E-state index in [2.05, 4.69) is 33.4 Å². The standard InChI is InChI=1S/C16H34N4O/c1-3-17-7-5-8-19-11-10-18(4-2)9-6-16(21)20(14-12-17)15-13-19/h16,21H,3-15H2,1-2H3. The molecule has 0 aromatic heterocycles. The second-order valence-electron chi connectivity index (χ2n) is 6.37. The molecule has 2 bridgehead atoms. The zero-order valence-corrected chi connectivity index (χ0v) is 14.0. The third kappa shape index (κ3) is 5.49. The second-order valence-corrected chi connectivity index (χ2v) is 6.37. The van der Waals surface area contributed by atoms with E-state index >= 15 is 0 Å². The van der Waals surface area contributed by atoms with Crippen LogP contribution in [0.3, 0.4) is 0 Å². The first-order valence-corrected chi connectivity index (χ1v) is 8.82.